The van der Waals surface area contributed by atoms with Crippen LogP contribution in [0, 0.1) is 0 Å². The minimum absolute atomic E-state index is 0.00727. The summed E-state index contributed by atoms with van der Waals surface area (Å²) < 4.78 is 7.14. The third-order valence-electron chi connectivity index (χ3n) is 8.27. The van der Waals surface area contributed by atoms with Crippen LogP contribution >= 0.6 is 0 Å². The Morgan fingerprint density at radius 2 is 1.63 bits per heavy atom. The molecule has 0 bridgehead atoms. The highest BCUT2D eigenvalue weighted by atomic mass is 16.5. The summed E-state index contributed by atoms with van der Waals surface area (Å²) >= 11 is 0. The lowest BCUT2D eigenvalue weighted by Crippen LogP contribution is -2.56. The number of carbonyl (C=O) groups is 3. The number of amides is 3. The van der Waals surface area contributed by atoms with E-state index in [2.05, 4.69) is 38.3 Å². The molecule has 5 rings (SSSR count). The summed E-state index contributed by atoms with van der Waals surface area (Å²) in [6.45, 7) is 3.21. The molecule has 2 N–H and O–H groups in total. The molecule has 0 radical (unpaired) electrons. The van der Waals surface area contributed by atoms with Gasteiger partial charge in [-0.1, -0.05) is 24.3 Å². The molecule has 1 saturated carbocycles. The molecule has 1 aromatic heterocycles. The van der Waals surface area contributed by atoms with Crippen LogP contribution in [-0.4, -0.2) is 66.4 Å². The van der Waals surface area contributed by atoms with Gasteiger partial charge in [0.15, 0.2) is 0 Å². The van der Waals surface area contributed by atoms with Crippen LogP contribution in [0.3, 0.4) is 0 Å². The molecule has 1 spiro atoms. The average molecular weight is 558 g/mol. The maximum Gasteiger partial charge on any atom is 0.268 e. The molecule has 216 valence electrons. The number of rotatable bonds is 10. The summed E-state index contributed by atoms with van der Waals surface area (Å²) in [6.07, 6.45) is 3.62. The highest BCUT2D eigenvalue weighted by molar-refractivity contribution is 5.94. The van der Waals surface area contributed by atoms with Gasteiger partial charge in [0.1, 0.15) is 5.69 Å². The van der Waals surface area contributed by atoms with Crippen molar-refractivity contribution in [2.24, 2.45) is 0 Å². The highest BCUT2D eigenvalue weighted by Crippen LogP contribution is 2.49. The minimum atomic E-state index is -0.0943. The predicted molar refractivity (Wildman–Crippen MR) is 158 cm³/mol. The maximum atomic E-state index is 13.2. The molecule has 0 atom stereocenters. The Morgan fingerprint density at radius 3 is 2.27 bits per heavy atom. The SMILES string of the molecule is COCCC(=O)Nc1ccc(CNC(=O)c2ccc3n2CCN(Cc2ccc(C(=O)N(C)C)cc2)C32CCC2)cc1. The Morgan fingerprint density at radius 1 is 0.927 bits per heavy atom. The summed E-state index contributed by atoms with van der Waals surface area (Å²) in [6, 6.07) is 19.5. The van der Waals surface area contributed by atoms with Gasteiger partial charge in [-0.05, 0) is 66.8 Å². The quantitative estimate of drug-likeness (QED) is 0.393. The standard InChI is InChI=1S/C32H39N5O4/c1-35(2)31(40)25-9-5-24(6-10-25)22-36-18-19-37-27(13-14-28(37)32(36)16-4-17-32)30(39)33-21-23-7-11-26(12-8-23)34-29(38)15-20-41-3/h5-14H,4,15-22H2,1-3H3,(H,33,39)(H,34,38). The van der Waals surface area contributed by atoms with Crippen molar-refractivity contribution in [3.05, 3.63) is 88.7 Å². The topological polar surface area (TPSA) is 95.9 Å². The number of hydrogen-bond donors (Lipinski definition) is 2. The zero-order chi connectivity index (χ0) is 29.0. The number of anilines is 1. The monoisotopic (exact) mass is 557 g/mol. The van der Waals surface area contributed by atoms with Gasteiger partial charge in [0, 0.05) is 64.3 Å². The predicted octanol–water partition coefficient (Wildman–Crippen LogP) is 3.99. The molecule has 1 aliphatic carbocycles. The first-order valence-electron chi connectivity index (χ1n) is 14.2. The minimum Gasteiger partial charge on any atom is -0.384 e. The van der Waals surface area contributed by atoms with Crippen LogP contribution in [0.2, 0.25) is 0 Å². The van der Waals surface area contributed by atoms with Crippen molar-refractivity contribution >= 4 is 23.4 Å². The summed E-state index contributed by atoms with van der Waals surface area (Å²) in [5, 5.41) is 5.91. The Balaban J connectivity index is 1.22. The zero-order valence-corrected chi connectivity index (χ0v) is 24.1. The average Bonchev–Trinajstić information content (AvgIpc) is 3.39. The molecule has 0 saturated heterocycles. The van der Waals surface area contributed by atoms with Crippen LogP contribution in [0.5, 0.6) is 0 Å². The largest absolute Gasteiger partial charge is 0.384 e. The second-order valence-corrected chi connectivity index (χ2v) is 11.1. The van der Waals surface area contributed by atoms with E-state index in [0.29, 0.717) is 30.8 Å². The van der Waals surface area contributed by atoms with Crippen molar-refractivity contribution < 1.29 is 19.1 Å². The second-order valence-electron chi connectivity index (χ2n) is 11.1. The fourth-order valence-electron chi connectivity index (χ4n) is 5.85. The van der Waals surface area contributed by atoms with Crippen molar-refractivity contribution in [2.45, 2.75) is 50.9 Å². The molecule has 1 fully saturated rings. The van der Waals surface area contributed by atoms with E-state index in [1.165, 1.54) is 17.7 Å². The van der Waals surface area contributed by atoms with Crippen LogP contribution in [0.25, 0.3) is 0 Å². The van der Waals surface area contributed by atoms with Crippen molar-refractivity contribution in [1.82, 2.24) is 19.7 Å². The van der Waals surface area contributed by atoms with Gasteiger partial charge in [0.25, 0.3) is 11.8 Å². The van der Waals surface area contributed by atoms with Gasteiger partial charge in [-0.15, -0.1) is 0 Å². The molecule has 3 aromatic rings. The lowest BCUT2D eigenvalue weighted by Gasteiger charge is -2.53. The smallest absolute Gasteiger partial charge is 0.268 e. The number of fused-ring (bicyclic) bond motifs is 2. The second kappa shape index (κ2) is 12.3. The molecule has 9 heteroatoms. The number of nitrogens with one attached hydrogen (secondary N) is 2. The molecule has 2 heterocycles. The van der Waals surface area contributed by atoms with Crippen LogP contribution in [-0.2, 0) is 34.7 Å². The number of hydrogen-bond acceptors (Lipinski definition) is 5. The van der Waals surface area contributed by atoms with Crippen molar-refractivity contribution in [3.63, 3.8) is 0 Å². The lowest BCUT2D eigenvalue weighted by atomic mass is 9.71. The van der Waals surface area contributed by atoms with E-state index in [1.807, 2.05) is 42.5 Å². The summed E-state index contributed by atoms with van der Waals surface area (Å²) in [4.78, 5) is 41.5. The highest BCUT2D eigenvalue weighted by Gasteiger charge is 2.48. The number of benzene rings is 2. The van der Waals surface area contributed by atoms with E-state index >= 15 is 0 Å². The van der Waals surface area contributed by atoms with E-state index in [9.17, 15) is 14.4 Å². The Labute approximate surface area is 241 Å². The van der Waals surface area contributed by atoms with E-state index in [0.717, 1.165) is 43.7 Å². The van der Waals surface area contributed by atoms with Gasteiger partial charge in [0.2, 0.25) is 5.91 Å². The summed E-state index contributed by atoms with van der Waals surface area (Å²) in [5.74, 6) is -0.173. The van der Waals surface area contributed by atoms with Gasteiger partial charge in [-0.2, -0.15) is 0 Å². The molecule has 2 aromatic carbocycles. The Kier molecular flexibility index (Phi) is 8.56. The first-order valence-corrected chi connectivity index (χ1v) is 14.2. The normalized spacial score (nSPS) is 15.6. The summed E-state index contributed by atoms with van der Waals surface area (Å²) in [7, 11) is 5.10. The first kappa shape index (κ1) is 28.6. The molecule has 9 nitrogen and oxygen atoms in total. The lowest BCUT2D eigenvalue weighted by molar-refractivity contribution is -0.117. The molecule has 41 heavy (non-hydrogen) atoms. The summed E-state index contributed by atoms with van der Waals surface area (Å²) in [5.41, 5.74) is 5.41. The number of methoxy groups -OCH3 is 1. The van der Waals surface area contributed by atoms with Gasteiger partial charge < -0.3 is 24.8 Å². The fourth-order valence-corrected chi connectivity index (χ4v) is 5.85. The van der Waals surface area contributed by atoms with Crippen molar-refractivity contribution in [3.8, 4) is 0 Å². The van der Waals surface area contributed by atoms with Crippen molar-refractivity contribution in [2.75, 3.05) is 39.7 Å². The van der Waals surface area contributed by atoms with Gasteiger partial charge >= 0.3 is 0 Å². The number of aromatic nitrogens is 1. The number of ether oxygens (including phenoxy) is 1. The van der Waals surface area contributed by atoms with Crippen LogP contribution in [0.15, 0.2) is 60.7 Å². The first-order chi connectivity index (χ1) is 19.8. The van der Waals surface area contributed by atoms with Crippen LogP contribution in [0.1, 0.15) is 63.4 Å². The molecule has 3 amide bonds. The number of nitrogens with zero attached hydrogens (tertiary/aromatic N) is 3. The van der Waals surface area contributed by atoms with Gasteiger partial charge in [-0.25, -0.2) is 0 Å². The maximum absolute atomic E-state index is 13.2. The fraction of sp³-hybridized carbons (Fsp3) is 0.406. The van der Waals surface area contributed by atoms with Gasteiger partial charge in [-0.3, -0.25) is 19.3 Å². The molecular weight excluding hydrogens is 518 g/mol. The molecule has 2 aliphatic rings. The van der Waals surface area contributed by atoms with E-state index in [-0.39, 0.29) is 23.3 Å². The van der Waals surface area contributed by atoms with Crippen LogP contribution < -0.4 is 10.6 Å². The molecule has 1 aliphatic heterocycles. The van der Waals surface area contributed by atoms with Gasteiger partial charge in [0.05, 0.1) is 18.6 Å². The van der Waals surface area contributed by atoms with E-state index in [1.54, 1.807) is 26.1 Å². The Bertz CT molecular complexity index is 1390. The van der Waals surface area contributed by atoms with E-state index < -0.39 is 0 Å². The van der Waals surface area contributed by atoms with Crippen molar-refractivity contribution in [1.29, 1.82) is 0 Å². The number of carbonyl (C=O) groups excluding carboxylic acids is 3. The Hall–Kier alpha value is -3.95. The third-order valence-corrected chi connectivity index (χ3v) is 8.27. The third kappa shape index (κ3) is 6.06. The zero-order valence-electron chi connectivity index (χ0n) is 24.1. The molecular formula is C32H39N5O4. The van der Waals surface area contributed by atoms with Crippen LogP contribution in [0.4, 0.5) is 5.69 Å². The molecule has 0 unspecified atom stereocenters. The van der Waals surface area contributed by atoms with E-state index in [4.69, 9.17) is 4.74 Å².